The van der Waals surface area contributed by atoms with Gasteiger partial charge in [0.05, 0.1) is 12.1 Å². The van der Waals surface area contributed by atoms with Gasteiger partial charge < -0.3 is 10.1 Å². The Balaban J connectivity index is 1.85. The Kier molecular flexibility index (Phi) is 5.79. The zero-order valence-corrected chi connectivity index (χ0v) is 12.4. The van der Waals surface area contributed by atoms with Crippen LogP contribution in [0.1, 0.15) is 16.8 Å². The maximum atomic E-state index is 12.7. The molecule has 2 aromatic rings. The molecule has 0 aliphatic heterocycles. The minimum absolute atomic E-state index is 0.0981. The second-order valence-electron chi connectivity index (χ2n) is 4.61. The third-order valence-corrected chi connectivity index (χ3v) is 2.83. The van der Waals surface area contributed by atoms with Crippen LogP contribution in [0, 0.1) is 11.8 Å². The number of hydrogen-bond acceptors (Lipinski definition) is 3. The van der Waals surface area contributed by atoms with Crippen LogP contribution in [0.5, 0.6) is 0 Å². The van der Waals surface area contributed by atoms with E-state index in [0.717, 1.165) is 11.8 Å². The number of rotatable bonds is 3. The molecule has 0 spiro atoms. The van der Waals surface area contributed by atoms with E-state index >= 15 is 0 Å². The number of pyridine rings is 1. The van der Waals surface area contributed by atoms with E-state index < -0.39 is 18.0 Å². The molecule has 0 bridgehead atoms. The zero-order chi connectivity index (χ0) is 17.4. The minimum Gasteiger partial charge on any atom is -0.445 e. The molecule has 0 saturated carbocycles. The second-order valence-corrected chi connectivity index (χ2v) is 4.61. The molecule has 24 heavy (non-hydrogen) atoms. The van der Waals surface area contributed by atoms with E-state index in [1.54, 1.807) is 12.1 Å². The van der Waals surface area contributed by atoms with E-state index in [0.29, 0.717) is 0 Å². The molecule has 0 fully saturated rings. The third kappa shape index (κ3) is 5.32. The molecule has 1 N–H and O–H groups in total. The standard InChI is InChI=1S/C17H13F3N2O2/c18-17(19,20)15-14(8-4-10-21-15)9-5-11-22-16(23)24-12-13-6-2-1-3-7-13/h1-4,6-8,10H,11-12H2,(H,22,23). The molecule has 124 valence electrons. The summed E-state index contributed by atoms with van der Waals surface area (Å²) >= 11 is 0. The summed E-state index contributed by atoms with van der Waals surface area (Å²) in [5.41, 5.74) is -0.475. The van der Waals surface area contributed by atoms with Crippen molar-refractivity contribution in [3.63, 3.8) is 0 Å². The molecule has 0 radical (unpaired) electrons. The van der Waals surface area contributed by atoms with Crippen LogP contribution >= 0.6 is 0 Å². The SMILES string of the molecule is O=C(NCC#Cc1cccnc1C(F)(F)F)OCc1ccccc1. The van der Waals surface area contributed by atoms with Crippen molar-refractivity contribution in [3.8, 4) is 11.8 Å². The first kappa shape index (κ1) is 17.3. The number of amides is 1. The number of aromatic nitrogens is 1. The van der Waals surface area contributed by atoms with Gasteiger partial charge in [0.1, 0.15) is 6.61 Å². The van der Waals surface area contributed by atoms with Gasteiger partial charge in [-0.1, -0.05) is 42.2 Å². The Morgan fingerprint density at radius 1 is 1.17 bits per heavy atom. The highest BCUT2D eigenvalue weighted by atomic mass is 19.4. The molecule has 0 aliphatic rings. The van der Waals surface area contributed by atoms with E-state index in [1.165, 1.54) is 12.1 Å². The molecule has 4 nitrogen and oxygen atoms in total. The van der Waals surface area contributed by atoms with Crippen LogP contribution < -0.4 is 5.32 Å². The number of carbonyl (C=O) groups excluding carboxylic acids is 1. The third-order valence-electron chi connectivity index (χ3n) is 2.83. The molecule has 7 heteroatoms. The van der Waals surface area contributed by atoms with Crippen molar-refractivity contribution in [1.29, 1.82) is 0 Å². The van der Waals surface area contributed by atoms with Crippen LogP contribution in [0.2, 0.25) is 0 Å². The maximum absolute atomic E-state index is 12.7. The van der Waals surface area contributed by atoms with Crippen molar-refractivity contribution in [1.82, 2.24) is 10.3 Å². The predicted octanol–water partition coefficient (Wildman–Crippen LogP) is 3.38. The maximum Gasteiger partial charge on any atom is 0.434 e. The fourth-order valence-electron chi connectivity index (χ4n) is 1.76. The largest absolute Gasteiger partial charge is 0.445 e. The van der Waals surface area contributed by atoms with E-state index in [4.69, 9.17) is 4.74 Å². The summed E-state index contributed by atoms with van der Waals surface area (Å²) in [6.45, 7) is -0.0409. The van der Waals surface area contributed by atoms with Crippen molar-refractivity contribution in [2.24, 2.45) is 0 Å². The number of benzene rings is 1. The molecule has 0 atom stereocenters. The summed E-state index contributed by atoms with van der Waals surface area (Å²) in [5.74, 6) is 4.79. The highest BCUT2D eigenvalue weighted by Gasteiger charge is 2.34. The number of hydrogen-bond donors (Lipinski definition) is 1. The number of alkyl halides is 3. The number of alkyl carbamates (subject to hydrolysis) is 1. The highest BCUT2D eigenvalue weighted by molar-refractivity contribution is 5.67. The highest BCUT2D eigenvalue weighted by Crippen LogP contribution is 2.29. The Bertz CT molecular complexity index is 750. The summed E-state index contributed by atoms with van der Waals surface area (Å²) in [6.07, 6.45) is -4.23. The van der Waals surface area contributed by atoms with Crippen LogP contribution in [-0.2, 0) is 17.5 Å². The lowest BCUT2D eigenvalue weighted by molar-refractivity contribution is -0.141. The molecule has 2 rings (SSSR count). The van der Waals surface area contributed by atoms with Gasteiger partial charge >= 0.3 is 12.3 Å². The van der Waals surface area contributed by atoms with Gasteiger partial charge in [0.15, 0.2) is 5.69 Å². The van der Waals surface area contributed by atoms with Gasteiger partial charge in [-0.05, 0) is 17.7 Å². The Hall–Kier alpha value is -3.01. The first-order valence-corrected chi connectivity index (χ1v) is 6.92. The van der Waals surface area contributed by atoms with Crippen molar-refractivity contribution in [3.05, 3.63) is 65.5 Å². The van der Waals surface area contributed by atoms with Crippen LogP contribution in [0.25, 0.3) is 0 Å². The first-order valence-electron chi connectivity index (χ1n) is 6.92. The minimum atomic E-state index is -4.58. The summed E-state index contributed by atoms with van der Waals surface area (Å²) in [7, 11) is 0. The lowest BCUT2D eigenvalue weighted by Gasteiger charge is -2.07. The Morgan fingerprint density at radius 2 is 1.92 bits per heavy atom. The molecular formula is C17H13F3N2O2. The van der Waals surface area contributed by atoms with Gasteiger partial charge in [0.2, 0.25) is 0 Å². The van der Waals surface area contributed by atoms with Gasteiger partial charge in [-0.3, -0.25) is 4.98 Å². The van der Waals surface area contributed by atoms with Crippen LogP contribution in [0.15, 0.2) is 48.7 Å². The quantitative estimate of drug-likeness (QED) is 0.876. The molecule has 1 heterocycles. The van der Waals surface area contributed by atoms with Gasteiger partial charge in [-0.15, -0.1) is 0 Å². The lowest BCUT2D eigenvalue weighted by atomic mass is 10.2. The number of nitrogens with one attached hydrogen (secondary N) is 1. The van der Waals surface area contributed by atoms with E-state index in [9.17, 15) is 18.0 Å². The Labute approximate surface area is 136 Å². The molecule has 1 amide bonds. The molecule has 0 aliphatic carbocycles. The number of nitrogens with zero attached hydrogens (tertiary/aromatic N) is 1. The predicted molar refractivity (Wildman–Crippen MR) is 80.7 cm³/mol. The summed E-state index contributed by atoms with van der Waals surface area (Å²) < 4.78 is 43.1. The lowest BCUT2D eigenvalue weighted by Crippen LogP contribution is -2.24. The van der Waals surface area contributed by atoms with Gasteiger partial charge in [-0.2, -0.15) is 13.2 Å². The summed E-state index contributed by atoms with van der Waals surface area (Å²) in [6, 6.07) is 11.6. The number of ether oxygens (including phenoxy) is 1. The molecule has 0 unspecified atom stereocenters. The van der Waals surface area contributed by atoms with Gasteiger partial charge in [0.25, 0.3) is 0 Å². The van der Waals surface area contributed by atoms with Crippen LogP contribution in [0.4, 0.5) is 18.0 Å². The monoisotopic (exact) mass is 334 g/mol. The zero-order valence-electron chi connectivity index (χ0n) is 12.4. The van der Waals surface area contributed by atoms with Gasteiger partial charge in [0, 0.05) is 6.20 Å². The second kappa shape index (κ2) is 8.02. The van der Waals surface area contributed by atoms with Crippen molar-refractivity contribution >= 4 is 6.09 Å². The van der Waals surface area contributed by atoms with E-state index in [-0.39, 0.29) is 18.7 Å². The fourth-order valence-corrected chi connectivity index (χ4v) is 1.76. The molecule has 1 aromatic heterocycles. The van der Waals surface area contributed by atoms with Crippen molar-refractivity contribution in [2.45, 2.75) is 12.8 Å². The van der Waals surface area contributed by atoms with Crippen molar-refractivity contribution < 1.29 is 22.7 Å². The first-order chi connectivity index (χ1) is 11.5. The molecule has 1 aromatic carbocycles. The van der Waals surface area contributed by atoms with Crippen LogP contribution in [0.3, 0.4) is 0 Å². The van der Waals surface area contributed by atoms with Gasteiger partial charge in [-0.25, -0.2) is 4.79 Å². The van der Waals surface area contributed by atoms with Crippen molar-refractivity contribution in [2.75, 3.05) is 6.54 Å². The average Bonchev–Trinajstić information content (AvgIpc) is 2.57. The topological polar surface area (TPSA) is 51.2 Å². The average molecular weight is 334 g/mol. The number of halogens is 3. The smallest absolute Gasteiger partial charge is 0.434 e. The fraction of sp³-hybridized carbons (Fsp3) is 0.176. The molecule has 0 saturated heterocycles. The normalized spacial score (nSPS) is 10.5. The van der Waals surface area contributed by atoms with E-state index in [2.05, 4.69) is 22.1 Å². The van der Waals surface area contributed by atoms with E-state index in [1.807, 2.05) is 18.2 Å². The number of carbonyl (C=O) groups is 1. The Morgan fingerprint density at radius 3 is 2.62 bits per heavy atom. The van der Waals surface area contributed by atoms with Crippen LogP contribution in [-0.4, -0.2) is 17.6 Å². The molecular weight excluding hydrogens is 321 g/mol. The summed E-state index contributed by atoms with van der Waals surface area (Å²) in [5, 5.41) is 2.34. The summed E-state index contributed by atoms with van der Waals surface area (Å²) in [4.78, 5) is 14.7.